The number of nitrogens with zero attached hydrogens (tertiary/aromatic N) is 1. The third-order valence-electron chi connectivity index (χ3n) is 3.64. The highest BCUT2D eigenvalue weighted by molar-refractivity contribution is 5.79. The van der Waals surface area contributed by atoms with E-state index in [2.05, 4.69) is 15.6 Å². The molecular weight excluding hydrogens is 324 g/mol. The van der Waals surface area contributed by atoms with E-state index >= 15 is 0 Å². The van der Waals surface area contributed by atoms with Crippen molar-refractivity contribution in [1.29, 1.82) is 0 Å². The summed E-state index contributed by atoms with van der Waals surface area (Å²) in [7, 11) is 1.63. The van der Waals surface area contributed by atoms with E-state index in [4.69, 9.17) is 4.74 Å². The monoisotopic (exact) mass is 347 g/mol. The van der Waals surface area contributed by atoms with Crippen molar-refractivity contribution in [2.24, 2.45) is 4.99 Å². The topological polar surface area (TPSA) is 45.6 Å². The van der Waals surface area contributed by atoms with Crippen LogP contribution in [0.15, 0.2) is 47.5 Å². The Morgan fingerprint density at radius 2 is 1.88 bits per heavy atom. The Bertz CT molecular complexity index is 720. The van der Waals surface area contributed by atoms with Crippen LogP contribution in [-0.4, -0.2) is 26.2 Å². The Labute approximate surface area is 146 Å². The Morgan fingerprint density at radius 1 is 1.08 bits per heavy atom. The van der Waals surface area contributed by atoms with Gasteiger partial charge >= 0.3 is 0 Å². The van der Waals surface area contributed by atoms with Crippen LogP contribution in [0.3, 0.4) is 0 Å². The van der Waals surface area contributed by atoms with Crippen molar-refractivity contribution in [3.8, 4) is 5.75 Å². The summed E-state index contributed by atoms with van der Waals surface area (Å²) in [5.41, 5.74) is 1.35. The molecule has 134 valence electrons. The van der Waals surface area contributed by atoms with E-state index in [0.29, 0.717) is 19.1 Å². The fraction of sp³-hybridized carbons (Fsp3) is 0.316. The van der Waals surface area contributed by atoms with E-state index in [1.807, 2.05) is 31.2 Å². The summed E-state index contributed by atoms with van der Waals surface area (Å²) in [4.78, 5) is 4.09. The van der Waals surface area contributed by atoms with Crippen molar-refractivity contribution < 1.29 is 13.5 Å². The molecule has 0 radical (unpaired) electrons. The van der Waals surface area contributed by atoms with Crippen molar-refractivity contribution in [3.05, 3.63) is 65.2 Å². The van der Waals surface area contributed by atoms with Gasteiger partial charge in [0.15, 0.2) is 5.96 Å². The normalized spacial score (nSPS) is 11.3. The largest absolute Gasteiger partial charge is 0.494 e. The van der Waals surface area contributed by atoms with E-state index in [0.717, 1.165) is 29.9 Å². The van der Waals surface area contributed by atoms with Gasteiger partial charge < -0.3 is 15.4 Å². The molecule has 0 atom stereocenters. The minimum absolute atomic E-state index is 0.152. The molecule has 0 fully saturated rings. The van der Waals surface area contributed by atoms with Crippen LogP contribution in [0.2, 0.25) is 0 Å². The standard InChI is InChI=1S/C19H23F2N3O/c1-3-25-18-7-5-4-6-14(18)10-11-23-19(22-2)24-13-15-12-16(20)8-9-17(15)21/h4-9,12H,3,10-11,13H2,1-2H3,(H2,22,23,24). The molecule has 0 saturated carbocycles. The lowest BCUT2D eigenvalue weighted by atomic mass is 10.1. The van der Waals surface area contributed by atoms with E-state index in [1.54, 1.807) is 7.05 Å². The zero-order chi connectivity index (χ0) is 18.1. The molecule has 0 aliphatic carbocycles. The van der Waals surface area contributed by atoms with Gasteiger partial charge in [-0.15, -0.1) is 0 Å². The van der Waals surface area contributed by atoms with Crippen molar-refractivity contribution in [2.75, 3.05) is 20.2 Å². The van der Waals surface area contributed by atoms with Crippen molar-refractivity contribution in [2.45, 2.75) is 19.9 Å². The number of rotatable bonds is 7. The second kappa shape index (κ2) is 9.61. The summed E-state index contributed by atoms with van der Waals surface area (Å²) in [6.45, 7) is 3.35. The highest BCUT2D eigenvalue weighted by atomic mass is 19.1. The second-order valence-electron chi connectivity index (χ2n) is 5.38. The van der Waals surface area contributed by atoms with Crippen molar-refractivity contribution in [1.82, 2.24) is 10.6 Å². The number of benzene rings is 2. The molecule has 0 amide bonds. The van der Waals surface area contributed by atoms with E-state index in [9.17, 15) is 8.78 Å². The Kier molecular flexibility index (Phi) is 7.19. The SMILES string of the molecule is CCOc1ccccc1CCNC(=NC)NCc1cc(F)ccc1F. The van der Waals surface area contributed by atoms with Crippen LogP contribution in [0.5, 0.6) is 5.75 Å². The minimum atomic E-state index is -0.464. The van der Waals surface area contributed by atoms with Crippen LogP contribution in [0, 0.1) is 11.6 Å². The number of hydrogen-bond acceptors (Lipinski definition) is 2. The number of halogens is 2. The molecule has 2 aromatic rings. The number of aliphatic imine (C=N–C) groups is 1. The first kappa shape index (κ1) is 18.7. The fourth-order valence-electron chi connectivity index (χ4n) is 2.40. The first-order valence-electron chi connectivity index (χ1n) is 8.23. The Balaban J connectivity index is 1.86. The lowest BCUT2D eigenvalue weighted by molar-refractivity contribution is 0.336. The van der Waals surface area contributed by atoms with E-state index in [1.165, 1.54) is 6.07 Å². The third kappa shape index (κ3) is 5.74. The van der Waals surface area contributed by atoms with Crippen LogP contribution >= 0.6 is 0 Å². The molecule has 0 aliphatic rings. The lowest BCUT2D eigenvalue weighted by Crippen LogP contribution is -2.38. The van der Waals surface area contributed by atoms with Crippen LogP contribution in [0.25, 0.3) is 0 Å². The molecule has 6 heteroatoms. The Hall–Kier alpha value is -2.63. The molecule has 0 spiro atoms. The molecule has 0 saturated heterocycles. The second-order valence-corrected chi connectivity index (χ2v) is 5.38. The predicted molar refractivity (Wildman–Crippen MR) is 95.9 cm³/mol. The maximum Gasteiger partial charge on any atom is 0.191 e. The molecule has 0 heterocycles. The van der Waals surface area contributed by atoms with Crippen molar-refractivity contribution >= 4 is 5.96 Å². The van der Waals surface area contributed by atoms with Crippen LogP contribution < -0.4 is 15.4 Å². The highest BCUT2D eigenvalue weighted by Gasteiger charge is 2.06. The van der Waals surface area contributed by atoms with Gasteiger partial charge in [-0.05, 0) is 43.2 Å². The quantitative estimate of drug-likeness (QED) is 0.597. The molecule has 0 aliphatic heterocycles. The summed E-state index contributed by atoms with van der Waals surface area (Å²) in [5.74, 6) is 0.484. The summed E-state index contributed by atoms with van der Waals surface area (Å²) < 4.78 is 32.4. The zero-order valence-corrected chi connectivity index (χ0v) is 14.5. The molecule has 2 rings (SSSR count). The predicted octanol–water partition coefficient (Wildman–Crippen LogP) is 3.27. The number of guanidine groups is 1. The van der Waals surface area contributed by atoms with Gasteiger partial charge in [-0.3, -0.25) is 4.99 Å². The molecule has 4 nitrogen and oxygen atoms in total. The molecule has 2 aromatic carbocycles. The van der Waals surface area contributed by atoms with E-state index in [-0.39, 0.29) is 12.1 Å². The first-order chi connectivity index (χ1) is 12.1. The summed E-state index contributed by atoms with van der Waals surface area (Å²) in [5, 5.41) is 6.14. The minimum Gasteiger partial charge on any atom is -0.494 e. The molecular formula is C19H23F2N3O. The summed E-state index contributed by atoms with van der Waals surface area (Å²) >= 11 is 0. The maximum atomic E-state index is 13.6. The van der Waals surface area contributed by atoms with Crippen LogP contribution in [-0.2, 0) is 13.0 Å². The molecule has 0 aromatic heterocycles. The summed E-state index contributed by atoms with van der Waals surface area (Å²) in [6.07, 6.45) is 0.755. The molecule has 2 N–H and O–H groups in total. The highest BCUT2D eigenvalue weighted by Crippen LogP contribution is 2.18. The van der Waals surface area contributed by atoms with Crippen molar-refractivity contribution in [3.63, 3.8) is 0 Å². The molecule has 0 bridgehead atoms. The maximum absolute atomic E-state index is 13.6. The zero-order valence-electron chi connectivity index (χ0n) is 14.5. The van der Waals surface area contributed by atoms with Gasteiger partial charge in [-0.1, -0.05) is 18.2 Å². The summed E-state index contributed by atoms with van der Waals surface area (Å²) in [6, 6.07) is 11.3. The average Bonchev–Trinajstić information content (AvgIpc) is 2.62. The van der Waals surface area contributed by atoms with Gasteiger partial charge in [0.05, 0.1) is 6.61 Å². The number of ether oxygens (including phenoxy) is 1. The van der Waals surface area contributed by atoms with Gasteiger partial charge in [0.2, 0.25) is 0 Å². The lowest BCUT2D eigenvalue weighted by Gasteiger charge is -2.14. The van der Waals surface area contributed by atoms with Crippen LogP contribution in [0.1, 0.15) is 18.1 Å². The van der Waals surface area contributed by atoms with Gasteiger partial charge in [0.25, 0.3) is 0 Å². The van der Waals surface area contributed by atoms with Crippen LogP contribution in [0.4, 0.5) is 8.78 Å². The average molecular weight is 347 g/mol. The van der Waals surface area contributed by atoms with Gasteiger partial charge in [0.1, 0.15) is 17.4 Å². The van der Waals surface area contributed by atoms with Gasteiger partial charge in [-0.25, -0.2) is 8.78 Å². The number of para-hydroxylation sites is 1. The van der Waals surface area contributed by atoms with E-state index < -0.39 is 11.6 Å². The number of hydrogen-bond donors (Lipinski definition) is 2. The van der Waals surface area contributed by atoms with Gasteiger partial charge in [0, 0.05) is 25.7 Å². The fourth-order valence-corrected chi connectivity index (χ4v) is 2.40. The van der Waals surface area contributed by atoms with Gasteiger partial charge in [-0.2, -0.15) is 0 Å². The smallest absolute Gasteiger partial charge is 0.191 e. The first-order valence-corrected chi connectivity index (χ1v) is 8.23. The molecule has 25 heavy (non-hydrogen) atoms. The third-order valence-corrected chi connectivity index (χ3v) is 3.64. The Morgan fingerprint density at radius 3 is 2.64 bits per heavy atom. The number of nitrogens with one attached hydrogen (secondary N) is 2. The molecule has 0 unspecified atom stereocenters.